The Morgan fingerprint density at radius 3 is 2.50 bits per heavy atom. The molecule has 1 aromatic rings. The van der Waals surface area contributed by atoms with Crippen LogP contribution in [0.1, 0.15) is 32.1 Å². The predicted molar refractivity (Wildman–Crippen MR) is 64.0 cm³/mol. The predicted octanol–water partition coefficient (Wildman–Crippen LogP) is 3.52. The third kappa shape index (κ3) is 2.94. The standard InChI is InChI=1S/C13H17F3N2/c1-18(8-9-5-3-2-4-6-9)13-11(15)7-10(14)12(16)17-13/h7,9H,2-6,8H2,1H3. The lowest BCUT2D eigenvalue weighted by atomic mass is 9.89. The Morgan fingerprint density at radius 1 is 1.17 bits per heavy atom. The lowest BCUT2D eigenvalue weighted by molar-refractivity contribution is 0.360. The summed E-state index contributed by atoms with van der Waals surface area (Å²) in [6.07, 6.45) is 5.83. The number of hydrogen-bond acceptors (Lipinski definition) is 2. The van der Waals surface area contributed by atoms with E-state index in [1.165, 1.54) is 19.3 Å². The molecule has 100 valence electrons. The Balaban J connectivity index is 2.08. The molecule has 0 radical (unpaired) electrons. The Hall–Kier alpha value is -1.26. The minimum Gasteiger partial charge on any atom is -0.357 e. The van der Waals surface area contributed by atoms with E-state index in [-0.39, 0.29) is 5.82 Å². The van der Waals surface area contributed by atoms with Gasteiger partial charge in [-0.2, -0.15) is 9.37 Å². The summed E-state index contributed by atoms with van der Waals surface area (Å²) >= 11 is 0. The highest BCUT2D eigenvalue weighted by molar-refractivity contribution is 5.39. The lowest BCUT2D eigenvalue weighted by Gasteiger charge is -2.27. The Labute approximate surface area is 105 Å². The van der Waals surface area contributed by atoms with Crippen molar-refractivity contribution in [3.05, 3.63) is 23.6 Å². The summed E-state index contributed by atoms with van der Waals surface area (Å²) in [6.45, 7) is 0.634. The van der Waals surface area contributed by atoms with Crippen LogP contribution in [0, 0.1) is 23.5 Å². The second-order valence-corrected chi connectivity index (χ2v) is 4.95. The van der Waals surface area contributed by atoms with Crippen LogP contribution in [0.4, 0.5) is 19.0 Å². The van der Waals surface area contributed by atoms with E-state index in [0.29, 0.717) is 18.5 Å². The van der Waals surface area contributed by atoms with Gasteiger partial charge in [0.1, 0.15) is 0 Å². The van der Waals surface area contributed by atoms with E-state index in [4.69, 9.17) is 0 Å². The van der Waals surface area contributed by atoms with Crippen molar-refractivity contribution in [2.75, 3.05) is 18.5 Å². The number of hydrogen-bond donors (Lipinski definition) is 0. The first-order valence-electron chi connectivity index (χ1n) is 6.30. The molecular formula is C13H17F3N2. The van der Waals surface area contributed by atoms with Gasteiger partial charge < -0.3 is 4.90 Å². The van der Waals surface area contributed by atoms with Crippen LogP contribution in [-0.4, -0.2) is 18.6 Å². The average molecular weight is 258 g/mol. The topological polar surface area (TPSA) is 16.1 Å². The van der Waals surface area contributed by atoms with Crippen LogP contribution in [0.25, 0.3) is 0 Å². The molecule has 0 amide bonds. The van der Waals surface area contributed by atoms with Gasteiger partial charge in [-0.25, -0.2) is 8.78 Å². The first kappa shape index (κ1) is 13.2. The van der Waals surface area contributed by atoms with Crippen LogP contribution >= 0.6 is 0 Å². The van der Waals surface area contributed by atoms with Gasteiger partial charge in [-0.15, -0.1) is 0 Å². The molecule has 1 heterocycles. The molecule has 0 aliphatic heterocycles. The maximum absolute atomic E-state index is 13.5. The van der Waals surface area contributed by atoms with Gasteiger partial charge in [0.2, 0.25) is 0 Å². The molecule has 2 nitrogen and oxygen atoms in total. The van der Waals surface area contributed by atoms with Crippen molar-refractivity contribution < 1.29 is 13.2 Å². The van der Waals surface area contributed by atoms with Gasteiger partial charge in [-0.1, -0.05) is 19.3 Å². The first-order valence-corrected chi connectivity index (χ1v) is 6.30. The highest BCUT2D eigenvalue weighted by Crippen LogP contribution is 2.26. The molecule has 1 aromatic heterocycles. The van der Waals surface area contributed by atoms with E-state index in [0.717, 1.165) is 12.8 Å². The molecule has 1 fully saturated rings. The number of nitrogens with zero attached hydrogens (tertiary/aromatic N) is 2. The maximum atomic E-state index is 13.5. The molecule has 0 bridgehead atoms. The highest BCUT2D eigenvalue weighted by atomic mass is 19.2. The van der Waals surface area contributed by atoms with Gasteiger partial charge in [0.25, 0.3) is 5.95 Å². The van der Waals surface area contributed by atoms with Gasteiger partial charge in [-0.05, 0) is 18.8 Å². The molecule has 0 aromatic carbocycles. The Morgan fingerprint density at radius 2 is 1.83 bits per heavy atom. The fourth-order valence-corrected chi connectivity index (χ4v) is 2.55. The fraction of sp³-hybridized carbons (Fsp3) is 0.615. The second kappa shape index (κ2) is 5.59. The zero-order valence-electron chi connectivity index (χ0n) is 10.4. The number of halogens is 3. The fourth-order valence-electron chi connectivity index (χ4n) is 2.55. The molecular weight excluding hydrogens is 241 g/mol. The second-order valence-electron chi connectivity index (χ2n) is 4.95. The molecule has 0 atom stereocenters. The van der Waals surface area contributed by atoms with Crippen molar-refractivity contribution in [2.45, 2.75) is 32.1 Å². The van der Waals surface area contributed by atoms with Gasteiger partial charge in [0.15, 0.2) is 17.5 Å². The van der Waals surface area contributed by atoms with E-state index >= 15 is 0 Å². The minimum atomic E-state index is -1.25. The lowest BCUT2D eigenvalue weighted by Crippen LogP contribution is -2.28. The molecule has 1 aliphatic rings. The molecule has 0 saturated heterocycles. The van der Waals surface area contributed by atoms with Crippen LogP contribution in [-0.2, 0) is 0 Å². The third-order valence-corrected chi connectivity index (χ3v) is 3.49. The maximum Gasteiger partial charge on any atom is 0.251 e. The zero-order chi connectivity index (χ0) is 13.1. The van der Waals surface area contributed by atoms with Gasteiger partial charge in [-0.3, -0.25) is 0 Å². The molecule has 0 unspecified atom stereocenters. The van der Waals surface area contributed by atoms with E-state index in [1.54, 1.807) is 11.9 Å². The molecule has 0 spiro atoms. The van der Waals surface area contributed by atoms with Crippen molar-refractivity contribution in [1.82, 2.24) is 4.98 Å². The molecule has 1 saturated carbocycles. The van der Waals surface area contributed by atoms with Crippen LogP contribution in [0.3, 0.4) is 0 Å². The van der Waals surface area contributed by atoms with Gasteiger partial charge >= 0.3 is 0 Å². The largest absolute Gasteiger partial charge is 0.357 e. The van der Waals surface area contributed by atoms with E-state index in [1.807, 2.05) is 0 Å². The molecule has 5 heteroatoms. The van der Waals surface area contributed by atoms with Crippen molar-refractivity contribution in [3.63, 3.8) is 0 Å². The summed E-state index contributed by atoms with van der Waals surface area (Å²) in [6, 6.07) is 0.551. The summed E-state index contributed by atoms with van der Waals surface area (Å²) < 4.78 is 39.3. The van der Waals surface area contributed by atoms with Gasteiger partial charge in [0, 0.05) is 19.7 Å². The molecule has 1 aliphatic carbocycles. The number of rotatable bonds is 3. The van der Waals surface area contributed by atoms with Crippen LogP contribution in [0.2, 0.25) is 0 Å². The molecule has 18 heavy (non-hydrogen) atoms. The van der Waals surface area contributed by atoms with Crippen molar-refractivity contribution in [3.8, 4) is 0 Å². The van der Waals surface area contributed by atoms with E-state index in [2.05, 4.69) is 4.98 Å². The van der Waals surface area contributed by atoms with E-state index in [9.17, 15) is 13.2 Å². The summed E-state index contributed by atoms with van der Waals surface area (Å²) in [5.41, 5.74) is 0. The average Bonchev–Trinajstić information content (AvgIpc) is 2.35. The van der Waals surface area contributed by atoms with Crippen molar-refractivity contribution in [1.29, 1.82) is 0 Å². The van der Waals surface area contributed by atoms with Crippen LogP contribution < -0.4 is 4.90 Å². The van der Waals surface area contributed by atoms with Crippen molar-refractivity contribution >= 4 is 5.82 Å². The Kier molecular flexibility index (Phi) is 4.09. The third-order valence-electron chi connectivity index (χ3n) is 3.49. The summed E-state index contributed by atoms with van der Waals surface area (Å²) in [7, 11) is 1.66. The number of pyridine rings is 1. The Bertz CT molecular complexity index is 417. The summed E-state index contributed by atoms with van der Waals surface area (Å²) in [5.74, 6) is -2.94. The number of anilines is 1. The minimum absolute atomic E-state index is 0.112. The summed E-state index contributed by atoms with van der Waals surface area (Å²) in [4.78, 5) is 4.92. The van der Waals surface area contributed by atoms with Crippen molar-refractivity contribution in [2.24, 2.45) is 5.92 Å². The molecule has 0 N–H and O–H groups in total. The smallest absolute Gasteiger partial charge is 0.251 e. The SMILES string of the molecule is CN(CC1CCCCC1)c1nc(F)c(F)cc1F. The summed E-state index contributed by atoms with van der Waals surface area (Å²) in [5, 5.41) is 0. The van der Waals surface area contributed by atoms with E-state index < -0.39 is 17.6 Å². The van der Waals surface area contributed by atoms with Crippen LogP contribution in [0.15, 0.2) is 6.07 Å². The monoisotopic (exact) mass is 258 g/mol. The first-order chi connectivity index (χ1) is 8.58. The number of aromatic nitrogens is 1. The quantitative estimate of drug-likeness (QED) is 0.771. The zero-order valence-corrected chi connectivity index (χ0v) is 10.4. The molecule has 2 rings (SSSR count). The normalized spacial score (nSPS) is 16.9. The highest BCUT2D eigenvalue weighted by Gasteiger charge is 2.19. The van der Waals surface area contributed by atoms with Crippen LogP contribution in [0.5, 0.6) is 0 Å². The van der Waals surface area contributed by atoms with Gasteiger partial charge in [0.05, 0.1) is 0 Å².